The van der Waals surface area contributed by atoms with Gasteiger partial charge in [0.25, 0.3) is 0 Å². The van der Waals surface area contributed by atoms with Gasteiger partial charge in [-0.25, -0.2) is 0 Å². The zero-order valence-electron chi connectivity index (χ0n) is 16.9. The number of nitrogens with two attached hydrogens (primary N) is 1. The highest BCUT2D eigenvalue weighted by molar-refractivity contribution is 5.75. The highest BCUT2D eigenvalue weighted by atomic mass is 16.5. The SMILES string of the molecule is CCCCCCCC/C=C\CCCCCCCCOC(=O)C(N)CC. The Labute approximate surface area is 156 Å². The lowest BCUT2D eigenvalue weighted by atomic mass is 10.1. The molecule has 0 aromatic carbocycles. The lowest BCUT2D eigenvalue weighted by molar-refractivity contribution is -0.145. The van der Waals surface area contributed by atoms with Crippen LogP contribution in [0, 0.1) is 0 Å². The van der Waals surface area contributed by atoms with Crippen LogP contribution < -0.4 is 5.73 Å². The van der Waals surface area contributed by atoms with Crippen LogP contribution in [0.1, 0.15) is 110 Å². The zero-order valence-corrected chi connectivity index (χ0v) is 16.9. The Balaban J connectivity index is 3.18. The second-order valence-electron chi connectivity index (χ2n) is 7.12. The molecule has 1 atom stereocenters. The van der Waals surface area contributed by atoms with Crippen molar-refractivity contribution in [1.82, 2.24) is 0 Å². The molecule has 0 fully saturated rings. The van der Waals surface area contributed by atoms with E-state index in [1.54, 1.807) is 0 Å². The predicted molar refractivity (Wildman–Crippen MR) is 109 cm³/mol. The normalized spacial score (nSPS) is 12.6. The van der Waals surface area contributed by atoms with E-state index in [1.165, 1.54) is 77.0 Å². The number of carbonyl (C=O) groups is 1. The predicted octanol–water partition coefficient (Wildman–Crippen LogP) is 6.30. The number of ether oxygens (including phenoxy) is 1. The van der Waals surface area contributed by atoms with Gasteiger partial charge in [0.2, 0.25) is 0 Å². The third kappa shape index (κ3) is 17.8. The van der Waals surface area contributed by atoms with E-state index in [9.17, 15) is 4.79 Å². The monoisotopic (exact) mass is 353 g/mol. The Kier molecular flexibility index (Phi) is 18.8. The van der Waals surface area contributed by atoms with Gasteiger partial charge in [-0.3, -0.25) is 4.79 Å². The number of rotatable bonds is 18. The summed E-state index contributed by atoms with van der Waals surface area (Å²) in [5, 5.41) is 0. The molecule has 25 heavy (non-hydrogen) atoms. The standard InChI is InChI=1S/C22H43NO2/c1-3-5-6-7-8-9-10-11-12-13-14-15-16-17-18-19-20-25-22(24)21(23)4-2/h11-12,21H,3-10,13-20,23H2,1-2H3/b12-11-. The third-order valence-corrected chi connectivity index (χ3v) is 4.64. The van der Waals surface area contributed by atoms with Crippen molar-refractivity contribution in [2.24, 2.45) is 5.73 Å². The Bertz CT molecular complexity index is 315. The van der Waals surface area contributed by atoms with Gasteiger partial charge in [0, 0.05) is 0 Å². The maximum Gasteiger partial charge on any atom is 0.322 e. The van der Waals surface area contributed by atoms with Crippen LogP contribution in [0.2, 0.25) is 0 Å². The summed E-state index contributed by atoms with van der Waals surface area (Å²) in [7, 11) is 0. The highest BCUT2D eigenvalue weighted by Gasteiger charge is 2.11. The lowest BCUT2D eigenvalue weighted by Gasteiger charge is -2.08. The molecule has 0 aromatic rings. The van der Waals surface area contributed by atoms with Crippen molar-refractivity contribution in [2.75, 3.05) is 6.61 Å². The molecule has 0 aliphatic rings. The first-order chi connectivity index (χ1) is 12.2. The van der Waals surface area contributed by atoms with E-state index in [1.807, 2.05) is 6.92 Å². The molecular weight excluding hydrogens is 310 g/mol. The average Bonchev–Trinajstić information content (AvgIpc) is 2.63. The van der Waals surface area contributed by atoms with Crippen molar-refractivity contribution in [1.29, 1.82) is 0 Å². The van der Waals surface area contributed by atoms with Gasteiger partial charge in [-0.15, -0.1) is 0 Å². The topological polar surface area (TPSA) is 52.3 Å². The van der Waals surface area contributed by atoms with Gasteiger partial charge in [0.05, 0.1) is 6.61 Å². The number of hydrogen-bond donors (Lipinski definition) is 1. The maximum atomic E-state index is 11.4. The molecule has 0 heterocycles. The quantitative estimate of drug-likeness (QED) is 0.179. The number of carbonyl (C=O) groups excluding carboxylic acids is 1. The molecule has 0 bridgehead atoms. The third-order valence-electron chi connectivity index (χ3n) is 4.64. The van der Waals surface area contributed by atoms with Gasteiger partial charge in [-0.05, 0) is 38.5 Å². The van der Waals surface area contributed by atoms with Crippen LogP contribution in [-0.4, -0.2) is 18.6 Å². The van der Waals surface area contributed by atoms with Gasteiger partial charge in [-0.1, -0.05) is 83.8 Å². The molecule has 0 saturated carbocycles. The number of allylic oxidation sites excluding steroid dienone is 2. The van der Waals surface area contributed by atoms with E-state index in [4.69, 9.17) is 10.5 Å². The first kappa shape index (κ1) is 24.2. The van der Waals surface area contributed by atoms with Crippen LogP contribution in [-0.2, 0) is 9.53 Å². The number of unbranched alkanes of at least 4 members (excludes halogenated alkanes) is 12. The summed E-state index contributed by atoms with van der Waals surface area (Å²) in [6.45, 7) is 4.69. The molecule has 0 aliphatic carbocycles. The molecule has 0 spiro atoms. The molecule has 0 amide bonds. The Hall–Kier alpha value is -0.830. The van der Waals surface area contributed by atoms with Crippen molar-refractivity contribution in [2.45, 2.75) is 116 Å². The Morgan fingerprint density at radius 2 is 1.28 bits per heavy atom. The summed E-state index contributed by atoms with van der Waals surface area (Å²) in [4.78, 5) is 11.4. The van der Waals surface area contributed by atoms with Crippen LogP contribution in [0.15, 0.2) is 12.2 Å². The molecule has 0 saturated heterocycles. The Morgan fingerprint density at radius 3 is 1.80 bits per heavy atom. The lowest BCUT2D eigenvalue weighted by Crippen LogP contribution is -2.31. The van der Waals surface area contributed by atoms with Gasteiger partial charge >= 0.3 is 5.97 Å². The summed E-state index contributed by atoms with van der Waals surface area (Å²) in [5.41, 5.74) is 5.61. The minimum atomic E-state index is -0.450. The van der Waals surface area contributed by atoms with Gasteiger partial charge in [-0.2, -0.15) is 0 Å². The van der Waals surface area contributed by atoms with Gasteiger partial charge < -0.3 is 10.5 Å². The maximum absolute atomic E-state index is 11.4. The van der Waals surface area contributed by atoms with E-state index in [0.717, 1.165) is 12.8 Å². The molecular formula is C22H43NO2. The molecule has 148 valence electrons. The highest BCUT2D eigenvalue weighted by Crippen LogP contribution is 2.10. The van der Waals surface area contributed by atoms with Crippen molar-refractivity contribution < 1.29 is 9.53 Å². The first-order valence-electron chi connectivity index (χ1n) is 10.8. The van der Waals surface area contributed by atoms with Crippen molar-refractivity contribution in [3.8, 4) is 0 Å². The summed E-state index contributed by atoms with van der Waals surface area (Å²) in [6.07, 6.45) is 23.4. The number of esters is 1. The average molecular weight is 354 g/mol. The molecule has 1 unspecified atom stereocenters. The fourth-order valence-electron chi connectivity index (χ4n) is 2.80. The van der Waals surface area contributed by atoms with Gasteiger partial charge in [0.1, 0.15) is 6.04 Å². The zero-order chi connectivity index (χ0) is 18.6. The molecule has 0 rings (SSSR count). The van der Waals surface area contributed by atoms with E-state index >= 15 is 0 Å². The molecule has 0 aliphatic heterocycles. The second-order valence-corrected chi connectivity index (χ2v) is 7.12. The number of hydrogen-bond acceptors (Lipinski definition) is 3. The van der Waals surface area contributed by atoms with Crippen LogP contribution in [0.3, 0.4) is 0 Å². The van der Waals surface area contributed by atoms with E-state index in [0.29, 0.717) is 13.0 Å². The molecule has 3 heteroatoms. The first-order valence-corrected chi connectivity index (χ1v) is 10.8. The minimum Gasteiger partial charge on any atom is -0.465 e. The van der Waals surface area contributed by atoms with Crippen LogP contribution in [0.25, 0.3) is 0 Å². The molecule has 3 nitrogen and oxygen atoms in total. The summed E-state index contributed by atoms with van der Waals surface area (Å²) in [5.74, 6) is -0.254. The molecule has 0 aromatic heterocycles. The Morgan fingerprint density at radius 1 is 0.800 bits per heavy atom. The van der Waals surface area contributed by atoms with Crippen LogP contribution >= 0.6 is 0 Å². The molecule has 0 radical (unpaired) electrons. The van der Waals surface area contributed by atoms with Crippen LogP contribution in [0.5, 0.6) is 0 Å². The van der Waals surface area contributed by atoms with Crippen molar-refractivity contribution in [3.05, 3.63) is 12.2 Å². The largest absolute Gasteiger partial charge is 0.465 e. The van der Waals surface area contributed by atoms with Crippen molar-refractivity contribution in [3.63, 3.8) is 0 Å². The molecule has 2 N–H and O–H groups in total. The fourth-order valence-corrected chi connectivity index (χ4v) is 2.80. The van der Waals surface area contributed by atoms with E-state index < -0.39 is 6.04 Å². The van der Waals surface area contributed by atoms with E-state index in [-0.39, 0.29) is 5.97 Å². The van der Waals surface area contributed by atoms with Crippen molar-refractivity contribution >= 4 is 5.97 Å². The minimum absolute atomic E-state index is 0.254. The summed E-state index contributed by atoms with van der Waals surface area (Å²) >= 11 is 0. The van der Waals surface area contributed by atoms with Gasteiger partial charge in [0.15, 0.2) is 0 Å². The summed E-state index contributed by atoms with van der Waals surface area (Å²) < 4.78 is 5.14. The fraction of sp³-hybridized carbons (Fsp3) is 0.864. The smallest absolute Gasteiger partial charge is 0.322 e. The second kappa shape index (κ2) is 19.5. The van der Waals surface area contributed by atoms with E-state index in [2.05, 4.69) is 19.1 Å². The summed E-state index contributed by atoms with van der Waals surface area (Å²) in [6, 6.07) is -0.450. The van der Waals surface area contributed by atoms with Crippen LogP contribution in [0.4, 0.5) is 0 Å².